The molecule has 0 saturated heterocycles. The minimum atomic E-state index is 0.0374. The molecule has 0 aromatic heterocycles. The maximum atomic E-state index is 11.5. The first kappa shape index (κ1) is 15.0. The molecule has 0 bridgehead atoms. The molecule has 1 aromatic rings. The van der Waals surface area contributed by atoms with E-state index in [2.05, 4.69) is 32.6 Å². The molecule has 0 aliphatic heterocycles. The zero-order valence-corrected chi connectivity index (χ0v) is 12.7. The first-order valence-corrected chi connectivity index (χ1v) is 6.78. The Labute approximate surface area is 117 Å². The number of carbonyl (C=O) groups excluding carboxylic acids is 1. The van der Waals surface area contributed by atoms with Crippen molar-refractivity contribution in [3.05, 3.63) is 28.2 Å². The van der Waals surface area contributed by atoms with Crippen LogP contribution >= 0.6 is 15.9 Å². The summed E-state index contributed by atoms with van der Waals surface area (Å²) in [5.41, 5.74) is 2.22. The molecular formula is C13H20BrN3O. The molecule has 2 N–H and O–H groups in total. The predicted molar refractivity (Wildman–Crippen MR) is 78.9 cm³/mol. The summed E-state index contributed by atoms with van der Waals surface area (Å²) >= 11 is 3.55. The number of halogens is 1. The Morgan fingerprint density at radius 1 is 1.44 bits per heavy atom. The smallest absolute Gasteiger partial charge is 0.239 e. The maximum absolute atomic E-state index is 11.5. The number of benzene rings is 1. The van der Waals surface area contributed by atoms with Crippen LogP contribution in [0.5, 0.6) is 0 Å². The molecule has 0 radical (unpaired) electrons. The standard InChI is InChI=1S/C13H20BrN3O/c1-4-16-13(18)9-17(3)11-6-5-10(8-15-2)12(14)7-11/h5-7,15H,4,8-9H2,1-3H3,(H,16,18). The lowest BCUT2D eigenvalue weighted by Gasteiger charge is -2.19. The topological polar surface area (TPSA) is 44.4 Å². The first-order valence-electron chi connectivity index (χ1n) is 5.99. The number of likely N-dealkylation sites (N-methyl/N-ethyl adjacent to an activating group) is 2. The molecule has 100 valence electrons. The number of amides is 1. The quantitative estimate of drug-likeness (QED) is 0.841. The van der Waals surface area contributed by atoms with Gasteiger partial charge in [-0.15, -0.1) is 0 Å². The van der Waals surface area contributed by atoms with Crippen molar-refractivity contribution in [2.75, 3.05) is 32.1 Å². The maximum Gasteiger partial charge on any atom is 0.239 e. The van der Waals surface area contributed by atoms with E-state index in [1.807, 2.05) is 38.1 Å². The molecule has 0 saturated carbocycles. The van der Waals surface area contributed by atoms with Gasteiger partial charge in [0.1, 0.15) is 0 Å². The van der Waals surface area contributed by atoms with Gasteiger partial charge in [-0.3, -0.25) is 4.79 Å². The number of carbonyl (C=O) groups is 1. The van der Waals surface area contributed by atoms with Gasteiger partial charge in [-0.25, -0.2) is 0 Å². The SMILES string of the molecule is CCNC(=O)CN(C)c1ccc(CNC)c(Br)c1. The molecule has 0 spiro atoms. The molecule has 0 atom stereocenters. The van der Waals surface area contributed by atoms with Crippen LogP contribution in [0.25, 0.3) is 0 Å². The van der Waals surface area contributed by atoms with E-state index in [4.69, 9.17) is 0 Å². The Balaban J connectivity index is 2.71. The van der Waals surface area contributed by atoms with Crippen molar-refractivity contribution in [2.24, 2.45) is 0 Å². The number of hydrogen-bond acceptors (Lipinski definition) is 3. The third-order valence-electron chi connectivity index (χ3n) is 2.60. The van der Waals surface area contributed by atoms with Gasteiger partial charge in [0.05, 0.1) is 6.54 Å². The van der Waals surface area contributed by atoms with Crippen molar-refractivity contribution in [2.45, 2.75) is 13.5 Å². The van der Waals surface area contributed by atoms with Gasteiger partial charge in [0.2, 0.25) is 5.91 Å². The molecule has 4 nitrogen and oxygen atoms in total. The average molecular weight is 314 g/mol. The van der Waals surface area contributed by atoms with Crippen molar-refractivity contribution >= 4 is 27.5 Å². The van der Waals surface area contributed by atoms with Crippen LogP contribution in [-0.4, -0.2) is 33.1 Å². The summed E-state index contributed by atoms with van der Waals surface area (Å²) in [6.07, 6.45) is 0. The van der Waals surface area contributed by atoms with Crippen LogP contribution in [-0.2, 0) is 11.3 Å². The van der Waals surface area contributed by atoms with Crippen LogP contribution in [0.15, 0.2) is 22.7 Å². The van der Waals surface area contributed by atoms with Crippen molar-refractivity contribution in [1.82, 2.24) is 10.6 Å². The number of nitrogens with zero attached hydrogens (tertiary/aromatic N) is 1. The highest BCUT2D eigenvalue weighted by Gasteiger charge is 2.08. The summed E-state index contributed by atoms with van der Waals surface area (Å²) < 4.78 is 1.05. The van der Waals surface area contributed by atoms with E-state index < -0.39 is 0 Å². The van der Waals surface area contributed by atoms with Gasteiger partial charge in [0, 0.05) is 30.3 Å². The fourth-order valence-corrected chi connectivity index (χ4v) is 2.17. The highest BCUT2D eigenvalue weighted by atomic mass is 79.9. The lowest BCUT2D eigenvalue weighted by atomic mass is 10.2. The van der Waals surface area contributed by atoms with E-state index in [0.717, 1.165) is 16.7 Å². The Morgan fingerprint density at radius 2 is 2.17 bits per heavy atom. The van der Waals surface area contributed by atoms with Gasteiger partial charge in [-0.1, -0.05) is 22.0 Å². The van der Waals surface area contributed by atoms with Gasteiger partial charge in [-0.2, -0.15) is 0 Å². The molecular weight excluding hydrogens is 294 g/mol. The van der Waals surface area contributed by atoms with Crippen LogP contribution in [0.1, 0.15) is 12.5 Å². The largest absolute Gasteiger partial charge is 0.365 e. The minimum absolute atomic E-state index is 0.0374. The van der Waals surface area contributed by atoms with Crippen LogP contribution < -0.4 is 15.5 Å². The van der Waals surface area contributed by atoms with Crippen LogP contribution in [0.3, 0.4) is 0 Å². The van der Waals surface area contributed by atoms with Crippen LogP contribution in [0.4, 0.5) is 5.69 Å². The molecule has 0 unspecified atom stereocenters. The van der Waals surface area contributed by atoms with E-state index in [-0.39, 0.29) is 5.91 Å². The molecule has 1 amide bonds. The molecule has 0 aliphatic rings. The number of nitrogens with one attached hydrogen (secondary N) is 2. The molecule has 0 heterocycles. The second-order valence-electron chi connectivity index (χ2n) is 4.12. The van der Waals surface area contributed by atoms with E-state index in [9.17, 15) is 4.79 Å². The zero-order chi connectivity index (χ0) is 13.5. The monoisotopic (exact) mass is 313 g/mol. The molecule has 0 aliphatic carbocycles. The van der Waals surface area contributed by atoms with Crippen LogP contribution in [0.2, 0.25) is 0 Å². The summed E-state index contributed by atoms with van der Waals surface area (Å²) in [6, 6.07) is 6.12. The highest BCUT2D eigenvalue weighted by molar-refractivity contribution is 9.10. The Hall–Kier alpha value is -1.07. The fraction of sp³-hybridized carbons (Fsp3) is 0.462. The van der Waals surface area contributed by atoms with E-state index in [1.165, 1.54) is 5.56 Å². The number of hydrogen-bond donors (Lipinski definition) is 2. The lowest BCUT2D eigenvalue weighted by Crippen LogP contribution is -2.34. The van der Waals surface area contributed by atoms with E-state index in [1.54, 1.807) is 0 Å². The van der Waals surface area contributed by atoms with E-state index >= 15 is 0 Å². The van der Waals surface area contributed by atoms with Crippen molar-refractivity contribution < 1.29 is 4.79 Å². The Morgan fingerprint density at radius 3 is 2.72 bits per heavy atom. The second-order valence-corrected chi connectivity index (χ2v) is 4.97. The predicted octanol–water partition coefficient (Wildman–Crippen LogP) is 1.74. The minimum Gasteiger partial charge on any atom is -0.365 e. The molecule has 0 fully saturated rings. The zero-order valence-electron chi connectivity index (χ0n) is 11.1. The average Bonchev–Trinajstić information content (AvgIpc) is 2.32. The summed E-state index contributed by atoms with van der Waals surface area (Å²) in [6.45, 7) is 3.77. The normalized spacial score (nSPS) is 10.2. The second kappa shape index (κ2) is 7.38. The summed E-state index contributed by atoms with van der Waals surface area (Å²) in [5.74, 6) is 0.0374. The lowest BCUT2D eigenvalue weighted by molar-refractivity contribution is -0.119. The van der Waals surface area contributed by atoms with Gasteiger partial charge in [0.15, 0.2) is 0 Å². The summed E-state index contributed by atoms with van der Waals surface area (Å²) in [4.78, 5) is 13.4. The van der Waals surface area contributed by atoms with Crippen LogP contribution in [0, 0.1) is 0 Å². The molecule has 5 heteroatoms. The number of rotatable bonds is 6. The van der Waals surface area contributed by atoms with Gasteiger partial charge < -0.3 is 15.5 Å². The third-order valence-corrected chi connectivity index (χ3v) is 3.34. The number of anilines is 1. The van der Waals surface area contributed by atoms with Crippen molar-refractivity contribution in [3.8, 4) is 0 Å². The molecule has 18 heavy (non-hydrogen) atoms. The third kappa shape index (κ3) is 4.31. The fourth-order valence-electron chi connectivity index (χ4n) is 1.67. The Bertz CT molecular complexity index is 409. The van der Waals surface area contributed by atoms with Crippen molar-refractivity contribution in [1.29, 1.82) is 0 Å². The highest BCUT2D eigenvalue weighted by Crippen LogP contribution is 2.23. The summed E-state index contributed by atoms with van der Waals surface area (Å²) in [7, 11) is 3.83. The summed E-state index contributed by atoms with van der Waals surface area (Å²) in [5, 5.41) is 5.90. The Kier molecular flexibility index (Phi) is 6.15. The van der Waals surface area contributed by atoms with Crippen molar-refractivity contribution in [3.63, 3.8) is 0 Å². The first-order chi connectivity index (χ1) is 8.58. The van der Waals surface area contributed by atoms with E-state index in [0.29, 0.717) is 13.1 Å². The van der Waals surface area contributed by atoms with Gasteiger partial charge >= 0.3 is 0 Å². The molecule has 1 rings (SSSR count). The van der Waals surface area contributed by atoms with Gasteiger partial charge in [-0.05, 0) is 31.7 Å². The molecule has 1 aromatic carbocycles. The van der Waals surface area contributed by atoms with Gasteiger partial charge in [0.25, 0.3) is 0 Å².